The lowest BCUT2D eigenvalue weighted by atomic mass is 10.1. The third-order valence-corrected chi connectivity index (χ3v) is 3.12. The molecule has 0 aliphatic carbocycles. The molecule has 0 fully saturated rings. The number of furan rings is 1. The predicted octanol–water partition coefficient (Wildman–Crippen LogP) is 4.01. The summed E-state index contributed by atoms with van der Waals surface area (Å²) in [5.74, 6) is 0.769. The van der Waals surface area contributed by atoms with Crippen molar-refractivity contribution in [2.45, 2.75) is 19.8 Å². The third-order valence-electron chi connectivity index (χ3n) is 2.85. The van der Waals surface area contributed by atoms with Gasteiger partial charge in [0, 0.05) is 17.1 Å². The fourth-order valence-corrected chi connectivity index (χ4v) is 2.00. The van der Waals surface area contributed by atoms with Crippen LogP contribution in [0.25, 0.3) is 0 Å². The topological polar surface area (TPSA) is 42.2 Å². The van der Waals surface area contributed by atoms with Crippen molar-refractivity contribution in [2.24, 2.45) is 0 Å². The Hall–Kier alpha value is -1.74. The molecule has 0 bridgehead atoms. The van der Waals surface area contributed by atoms with Gasteiger partial charge in [-0.1, -0.05) is 12.1 Å². The lowest BCUT2D eigenvalue weighted by molar-refractivity contribution is 0.0996. The molecule has 0 spiro atoms. The van der Waals surface area contributed by atoms with Crippen molar-refractivity contribution in [2.75, 3.05) is 11.2 Å². The summed E-state index contributed by atoms with van der Waals surface area (Å²) in [6.07, 6.45) is 3.35. The van der Waals surface area contributed by atoms with E-state index in [2.05, 4.69) is 5.32 Å². The minimum atomic E-state index is -0.225. The largest absolute Gasteiger partial charge is 0.459 e. The van der Waals surface area contributed by atoms with Gasteiger partial charge in [0.25, 0.3) is 5.91 Å². The summed E-state index contributed by atoms with van der Waals surface area (Å²) < 4.78 is 5.16. The van der Waals surface area contributed by atoms with Crippen molar-refractivity contribution in [1.82, 2.24) is 0 Å². The number of anilines is 1. The first-order valence-corrected chi connectivity index (χ1v) is 6.74. The number of benzene rings is 1. The average molecular weight is 278 g/mol. The number of carbonyl (C=O) groups excluding carboxylic acids is 1. The van der Waals surface area contributed by atoms with Crippen LogP contribution in [0.1, 0.15) is 28.1 Å². The van der Waals surface area contributed by atoms with Crippen LogP contribution in [0, 0.1) is 6.92 Å². The van der Waals surface area contributed by atoms with Gasteiger partial charge in [0.1, 0.15) is 0 Å². The first kappa shape index (κ1) is 13.7. The quantitative estimate of drug-likeness (QED) is 0.839. The Morgan fingerprint density at radius 3 is 2.89 bits per heavy atom. The molecule has 1 N–H and O–H groups in total. The van der Waals surface area contributed by atoms with Crippen LogP contribution in [-0.4, -0.2) is 11.8 Å². The van der Waals surface area contributed by atoms with Crippen molar-refractivity contribution < 1.29 is 9.21 Å². The molecule has 2 rings (SSSR count). The summed E-state index contributed by atoms with van der Waals surface area (Å²) in [6, 6.07) is 9.55. The summed E-state index contributed by atoms with van der Waals surface area (Å²) in [4.78, 5) is 12.0. The van der Waals surface area contributed by atoms with Gasteiger partial charge in [0.2, 0.25) is 0 Å². The van der Waals surface area contributed by atoms with E-state index < -0.39 is 0 Å². The van der Waals surface area contributed by atoms with Gasteiger partial charge in [0.05, 0.1) is 6.26 Å². The zero-order valence-corrected chi connectivity index (χ0v) is 11.5. The van der Waals surface area contributed by atoms with Crippen LogP contribution in [0.2, 0.25) is 0 Å². The summed E-state index contributed by atoms with van der Waals surface area (Å²) in [5, 5.41) is 2.84. The zero-order chi connectivity index (χ0) is 13.7. The Morgan fingerprint density at radius 1 is 1.37 bits per heavy atom. The van der Waals surface area contributed by atoms with E-state index in [0.29, 0.717) is 11.6 Å². The second-order valence-electron chi connectivity index (χ2n) is 4.38. The maximum Gasteiger partial charge on any atom is 0.291 e. The smallest absolute Gasteiger partial charge is 0.291 e. The van der Waals surface area contributed by atoms with Crippen LogP contribution in [0.15, 0.2) is 41.0 Å². The molecule has 1 aromatic heterocycles. The molecular formula is C15H16ClNO2. The maximum atomic E-state index is 12.0. The number of amides is 1. The molecule has 100 valence electrons. The van der Waals surface area contributed by atoms with E-state index in [4.69, 9.17) is 16.0 Å². The molecule has 0 aliphatic rings. The molecule has 1 aromatic carbocycles. The molecule has 0 saturated carbocycles. The van der Waals surface area contributed by atoms with Crippen LogP contribution >= 0.6 is 11.6 Å². The molecule has 0 unspecified atom stereocenters. The van der Waals surface area contributed by atoms with Crippen molar-refractivity contribution in [3.63, 3.8) is 0 Å². The van der Waals surface area contributed by atoms with Crippen LogP contribution < -0.4 is 5.32 Å². The highest BCUT2D eigenvalue weighted by Gasteiger charge is 2.12. The molecule has 0 aliphatic heterocycles. The Labute approximate surface area is 117 Å². The fraction of sp³-hybridized carbons (Fsp3) is 0.267. The van der Waals surface area contributed by atoms with Gasteiger partial charge in [-0.15, -0.1) is 11.6 Å². The van der Waals surface area contributed by atoms with E-state index in [1.165, 1.54) is 6.26 Å². The van der Waals surface area contributed by atoms with Gasteiger partial charge in [0.15, 0.2) is 5.76 Å². The van der Waals surface area contributed by atoms with E-state index in [0.717, 1.165) is 29.7 Å². The Balaban J connectivity index is 2.07. The zero-order valence-electron chi connectivity index (χ0n) is 10.8. The second kappa shape index (κ2) is 6.43. The van der Waals surface area contributed by atoms with Gasteiger partial charge < -0.3 is 9.73 Å². The summed E-state index contributed by atoms with van der Waals surface area (Å²) in [7, 11) is 0. The van der Waals surface area contributed by atoms with E-state index in [1.807, 2.05) is 31.2 Å². The van der Waals surface area contributed by atoms with E-state index in [1.54, 1.807) is 6.07 Å². The van der Waals surface area contributed by atoms with Crippen LogP contribution in [-0.2, 0) is 6.42 Å². The first-order chi connectivity index (χ1) is 9.20. The summed E-state index contributed by atoms with van der Waals surface area (Å²) in [5.41, 5.74) is 2.76. The minimum absolute atomic E-state index is 0.225. The normalized spacial score (nSPS) is 10.4. The highest BCUT2D eigenvalue weighted by Crippen LogP contribution is 2.15. The number of aryl methyl sites for hydroxylation is 2. The highest BCUT2D eigenvalue weighted by molar-refractivity contribution is 6.17. The highest BCUT2D eigenvalue weighted by atomic mass is 35.5. The molecule has 0 saturated heterocycles. The first-order valence-electron chi connectivity index (χ1n) is 6.21. The third kappa shape index (κ3) is 3.61. The molecule has 19 heavy (non-hydrogen) atoms. The molecule has 1 heterocycles. The second-order valence-corrected chi connectivity index (χ2v) is 4.76. The molecular weight excluding hydrogens is 262 g/mol. The Morgan fingerprint density at radius 2 is 2.21 bits per heavy atom. The monoisotopic (exact) mass is 277 g/mol. The van der Waals surface area contributed by atoms with Crippen molar-refractivity contribution in [1.29, 1.82) is 0 Å². The van der Waals surface area contributed by atoms with Crippen molar-refractivity contribution in [3.05, 3.63) is 53.5 Å². The standard InChI is InChI=1S/C15H16ClNO2/c1-11-7-9-19-14(11)15(18)17-13-6-2-4-12(10-13)5-3-8-16/h2,4,6-7,9-10H,3,5,8H2,1H3,(H,17,18). The predicted molar refractivity (Wildman–Crippen MR) is 76.9 cm³/mol. The van der Waals surface area contributed by atoms with Crippen molar-refractivity contribution in [3.8, 4) is 0 Å². The number of hydrogen-bond donors (Lipinski definition) is 1. The summed E-state index contributed by atoms with van der Waals surface area (Å²) >= 11 is 5.68. The number of rotatable bonds is 5. The van der Waals surface area contributed by atoms with Gasteiger partial charge in [-0.2, -0.15) is 0 Å². The number of carbonyl (C=O) groups is 1. The Kier molecular flexibility index (Phi) is 4.63. The fourth-order valence-electron chi connectivity index (χ4n) is 1.87. The molecule has 0 radical (unpaired) electrons. The molecule has 3 nitrogen and oxygen atoms in total. The number of nitrogens with one attached hydrogen (secondary N) is 1. The van der Waals surface area contributed by atoms with E-state index >= 15 is 0 Å². The van der Waals surface area contributed by atoms with Gasteiger partial charge in [-0.25, -0.2) is 0 Å². The van der Waals surface area contributed by atoms with Gasteiger partial charge in [-0.3, -0.25) is 4.79 Å². The number of hydrogen-bond acceptors (Lipinski definition) is 2. The molecule has 1 amide bonds. The lowest BCUT2D eigenvalue weighted by Gasteiger charge is -2.06. The maximum absolute atomic E-state index is 12.0. The SMILES string of the molecule is Cc1ccoc1C(=O)Nc1cccc(CCCCl)c1. The minimum Gasteiger partial charge on any atom is -0.459 e. The Bertz CT molecular complexity index is 563. The molecule has 4 heteroatoms. The number of halogens is 1. The van der Waals surface area contributed by atoms with Gasteiger partial charge in [-0.05, 0) is 43.5 Å². The van der Waals surface area contributed by atoms with Crippen molar-refractivity contribution >= 4 is 23.2 Å². The van der Waals surface area contributed by atoms with Crippen LogP contribution in [0.4, 0.5) is 5.69 Å². The lowest BCUT2D eigenvalue weighted by Crippen LogP contribution is -2.12. The van der Waals surface area contributed by atoms with E-state index in [-0.39, 0.29) is 5.91 Å². The summed E-state index contributed by atoms with van der Waals surface area (Å²) in [6.45, 7) is 1.84. The number of alkyl halides is 1. The van der Waals surface area contributed by atoms with Gasteiger partial charge >= 0.3 is 0 Å². The van der Waals surface area contributed by atoms with Crippen LogP contribution in [0.3, 0.4) is 0 Å². The molecule has 0 atom stereocenters. The average Bonchev–Trinajstić information content (AvgIpc) is 2.83. The van der Waals surface area contributed by atoms with E-state index in [9.17, 15) is 4.79 Å². The molecule has 2 aromatic rings. The van der Waals surface area contributed by atoms with Crippen LogP contribution in [0.5, 0.6) is 0 Å².